The molecule has 0 saturated heterocycles. The van der Waals surface area contributed by atoms with E-state index in [0.29, 0.717) is 29.8 Å². The zero-order valence-corrected chi connectivity index (χ0v) is 8.97. The van der Waals surface area contributed by atoms with Crippen molar-refractivity contribution < 1.29 is 9.26 Å². The molecule has 0 saturated carbocycles. The fourth-order valence-electron chi connectivity index (χ4n) is 1.16. The Balaban J connectivity index is 2.27. The summed E-state index contributed by atoms with van der Waals surface area (Å²) in [6.45, 7) is 0.523. The third-order valence-electron chi connectivity index (χ3n) is 1.88. The van der Waals surface area contributed by atoms with Gasteiger partial charge < -0.3 is 14.6 Å². The van der Waals surface area contributed by atoms with Gasteiger partial charge >= 0.3 is 0 Å². The van der Waals surface area contributed by atoms with E-state index in [1.807, 2.05) is 0 Å². The molecule has 1 N–H and O–H groups in total. The van der Waals surface area contributed by atoms with Crippen LogP contribution in [0.15, 0.2) is 16.9 Å². The molecule has 7 nitrogen and oxygen atoms in total. The normalized spacial score (nSPS) is 10.4. The van der Waals surface area contributed by atoms with Crippen LogP contribution in [0.4, 0.5) is 0 Å². The Kier molecular flexibility index (Phi) is 3.06. The molecule has 0 fully saturated rings. The van der Waals surface area contributed by atoms with Crippen molar-refractivity contribution in [3.8, 4) is 17.4 Å². The second-order valence-electron chi connectivity index (χ2n) is 2.99. The summed E-state index contributed by atoms with van der Waals surface area (Å²) in [4.78, 5) is 12.1. The first-order chi connectivity index (χ1) is 7.83. The minimum Gasteiger partial charge on any atom is -0.481 e. The molecule has 2 aromatic rings. The number of ether oxygens (including phenoxy) is 1. The first kappa shape index (κ1) is 10.5. The van der Waals surface area contributed by atoms with Crippen LogP contribution < -0.4 is 10.1 Å². The van der Waals surface area contributed by atoms with Gasteiger partial charge in [0.25, 0.3) is 0 Å². The molecular weight excluding hydrogens is 210 g/mol. The summed E-state index contributed by atoms with van der Waals surface area (Å²) in [7, 11) is 3.34. The number of methoxy groups -OCH3 is 1. The van der Waals surface area contributed by atoms with Crippen molar-refractivity contribution in [3.63, 3.8) is 0 Å². The van der Waals surface area contributed by atoms with Crippen molar-refractivity contribution in [1.82, 2.24) is 25.4 Å². The molecule has 0 aliphatic rings. The van der Waals surface area contributed by atoms with Crippen LogP contribution in [0.5, 0.6) is 5.88 Å². The minimum absolute atomic E-state index is 0.422. The van der Waals surface area contributed by atoms with Crippen molar-refractivity contribution in [2.75, 3.05) is 14.2 Å². The molecule has 0 spiro atoms. The summed E-state index contributed by atoms with van der Waals surface area (Å²) in [5.41, 5.74) is 0.568. The summed E-state index contributed by atoms with van der Waals surface area (Å²) < 4.78 is 9.99. The lowest BCUT2D eigenvalue weighted by Crippen LogP contribution is -2.04. The largest absolute Gasteiger partial charge is 0.481 e. The number of aromatic nitrogens is 4. The monoisotopic (exact) mass is 221 g/mol. The summed E-state index contributed by atoms with van der Waals surface area (Å²) in [6.07, 6.45) is 1.39. The van der Waals surface area contributed by atoms with E-state index in [-0.39, 0.29) is 0 Å². The van der Waals surface area contributed by atoms with Crippen molar-refractivity contribution in [3.05, 3.63) is 18.3 Å². The highest BCUT2D eigenvalue weighted by Crippen LogP contribution is 2.16. The van der Waals surface area contributed by atoms with E-state index >= 15 is 0 Å². The third-order valence-corrected chi connectivity index (χ3v) is 1.88. The molecule has 16 heavy (non-hydrogen) atoms. The van der Waals surface area contributed by atoms with Crippen LogP contribution in [-0.2, 0) is 6.54 Å². The standard InChI is InChI=1S/C9H11N5O2/c1-10-4-8-13-9(14-16-8)6-3-7(15-2)12-5-11-6/h3,5,10H,4H2,1-2H3. The average Bonchev–Trinajstić information content (AvgIpc) is 2.78. The molecule has 7 heteroatoms. The second-order valence-corrected chi connectivity index (χ2v) is 2.99. The molecule has 2 rings (SSSR count). The zero-order chi connectivity index (χ0) is 11.4. The van der Waals surface area contributed by atoms with E-state index < -0.39 is 0 Å². The maximum atomic E-state index is 5.01. The Labute approximate surface area is 91.9 Å². The smallest absolute Gasteiger partial charge is 0.240 e. The van der Waals surface area contributed by atoms with Crippen LogP contribution in [0.1, 0.15) is 5.89 Å². The topological polar surface area (TPSA) is 86.0 Å². The third kappa shape index (κ3) is 2.14. The second kappa shape index (κ2) is 4.67. The fourth-order valence-corrected chi connectivity index (χ4v) is 1.16. The highest BCUT2D eigenvalue weighted by molar-refractivity contribution is 5.48. The number of hydrogen-bond acceptors (Lipinski definition) is 7. The van der Waals surface area contributed by atoms with Gasteiger partial charge in [0.05, 0.1) is 13.7 Å². The Bertz CT molecular complexity index is 470. The lowest BCUT2D eigenvalue weighted by molar-refractivity contribution is 0.372. The van der Waals surface area contributed by atoms with Crippen LogP contribution in [0.3, 0.4) is 0 Å². The van der Waals surface area contributed by atoms with E-state index in [2.05, 4.69) is 25.4 Å². The SMILES string of the molecule is CNCc1nc(-c2cc(OC)ncn2)no1. The van der Waals surface area contributed by atoms with Crippen LogP contribution >= 0.6 is 0 Å². The highest BCUT2D eigenvalue weighted by atomic mass is 16.5. The van der Waals surface area contributed by atoms with Crippen LogP contribution in [0, 0.1) is 0 Å². The van der Waals surface area contributed by atoms with Gasteiger partial charge in [-0.05, 0) is 7.05 Å². The predicted octanol–water partition coefficient (Wildman–Crippen LogP) is 0.255. The molecule has 0 atom stereocenters. The Hall–Kier alpha value is -2.02. The predicted molar refractivity (Wildman–Crippen MR) is 54.6 cm³/mol. The quantitative estimate of drug-likeness (QED) is 0.792. The van der Waals surface area contributed by atoms with Gasteiger partial charge in [0, 0.05) is 6.07 Å². The molecule has 0 aliphatic heterocycles. The molecule has 0 unspecified atom stereocenters. The minimum atomic E-state index is 0.422. The van der Waals surface area contributed by atoms with Gasteiger partial charge in [0.2, 0.25) is 17.6 Å². The average molecular weight is 221 g/mol. The number of rotatable bonds is 4. The molecule has 0 aliphatic carbocycles. The van der Waals surface area contributed by atoms with E-state index in [0.717, 1.165) is 0 Å². The molecule has 2 heterocycles. The van der Waals surface area contributed by atoms with E-state index in [1.54, 1.807) is 13.1 Å². The van der Waals surface area contributed by atoms with Crippen molar-refractivity contribution in [1.29, 1.82) is 0 Å². The molecule has 0 bridgehead atoms. The molecule has 0 aromatic carbocycles. The van der Waals surface area contributed by atoms with Crippen LogP contribution in [-0.4, -0.2) is 34.3 Å². The lowest BCUT2D eigenvalue weighted by atomic mass is 10.4. The first-order valence-corrected chi connectivity index (χ1v) is 4.67. The van der Waals surface area contributed by atoms with Gasteiger partial charge in [-0.15, -0.1) is 0 Å². The van der Waals surface area contributed by atoms with Gasteiger partial charge in [-0.1, -0.05) is 5.16 Å². The zero-order valence-electron chi connectivity index (χ0n) is 8.97. The summed E-state index contributed by atoms with van der Waals surface area (Å²) in [6, 6.07) is 1.65. The fraction of sp³-hybridized carbons (Fsp3) is 0.333. The molecule has 84 valence electrons. The van der Waals surface area contributed by atoms with E-state index in [9.17, 15) is 0 Å². The maximum Gasteiger partial charge on any atom is 0.240 e. The van der Waals surface area contributed by atoms with Gasteiger partial charge in [-0.3, -0.25) is 0 Å². The molecule has 0 radical (unpaired) electrons. The van der Waals surface area contributed by atoms with Gasteiger partial charge in [-0.2, -0.15) is 4.98 Å². The maximum absolute atomic E-state index is 5.01. The van der Waals surface area contributed by atoms with Crippen molar-refractivity contribution in [2.24, 2.45) is 0 Å². The Morgan fingerprint density at radius 3 is 3.06 bits per heavy atom. The van der Waals surface area contributed by atoms with Gasteiger partial charge in [0.15, 0.2) is 0 Å². The lowest BCUT2D eigenvalue weighted by Gasteiger charge is -1.97. The van der Waals surface area contributed by atoms with Crippen molar-refractivity contribution in [2.45, 2.75) is 6.54 Å². The van der Waals surface area contributed by atoms with Crippen molar-refractivity contribution >= 4 is 0 Å². The van der Waals surface area contributed by atoms with Gasteiger partial charge in [0.1, 0.15) is 12.0 Å². The molecular formula is C9H11N5O2. The Morgan fingerprint density at radius 2 is 2.31 bits per heavy atom. The molecule has 2 aromatic heterocycles. The van der Waals surface area contributed by atoms with Crippen LogP contribution in [0.2, 0.25) is 0 Å². The number of nitrogens with one attached hydrogen (secondary N) is 1. The summed E-state index contributed by atoms with van der Waals surface area (Å²) >= 11 is 0. The first-order valence-electron chi connectivity index (χ1n) is 4.67. The van der Waals surface area contributed by atoms with Gasteiger partial charge in [-0.25, -0.2) is 9.97 Å². The number of nitrogens with zero attached hydrogens (tertiary/aromatic N) is 4. The van der Waals surface area contributed by atoms with E-state index in [4.69, 9.17) is 9.26 Å². The van der Waals surface area contributed by atoms with E-state index in [1.165, 1.54) is 13.4 Å². The number of hydrogen-bond donors (Lipinski definition) is 1. The van der Waals surface area contributed by atoms with Crippen LogP contribution in [0.25, 0.3) is 11.5 Å². The highest BCUT2D eigenvalue weighted by Gasteiger charge is 2.10. The summed E-state index contributed by atoms with van der Waals surface area (Å²) in [5, 5.41) is 6.73. The Morgan fingerprint density at radius 1 is 1.44 bits per heavy atom. The summed E-state index contributed by atoms with van der Waals surface area (Å²) in [5.74, 6) is 1.39. The molecule has 0 amide bonds.